The molecule has 0 unspecified atom stereocenters. The fourth-order valence-corrected chi connectivity index (χ4v) is 3.32. The van der Waals surface area contributed by atoms with Gasteiger partial charge in [-0.1, -0.05) is 19.1 Å². The highest BCUT2D eigenvalue weighted by Gasteiger charge is 2.35. The Morgan fingerprint density at radius 2 is 1.78 bits per heavy atom. The number of allylic oxidation sites excluding steroid dienone is 1. The van der Waals surface area contributed by atoms with Crippen molar-refractivity contribution >= 4 is 11.1 Å². The van der Waals surface area contributed by atoms with Crippen LogP contribution in [0, 0.1) is 0 Å². The Balaban J connectivity index is 2.22. The Morgan fingerprint density at radius 1 is 1.09 bits per heavy atom. The first-order valence-corrected chi connectivity index (χ1v) is 7.86. The number of rotatable bonds is 3. The lowest BCUT2D eigenvalue weighted by atomic mass is 9.81. The smallest absolute Gasteiger partial charge is 0.131 e. The van der Waals surface area contributed by atoms with Crippen LogP contribution in [0.5, 0.6) is 17.2 Å². The first kappa shape index (κ1) is 15.5. The van der Waals surface area contributed by atoms with Crippen LogP contribution >= 0.6 is 0 Å². The summed E-state index contributed by atoms with van der Waals surface area (Å²) in [6.07, 6.45) is 0.895. The van der Waals surface area contributed by atoms with Gasteiger partial charge >= 0.3 is 0 Å². The number of phenols is 1. The maximum absolute atomic E-state index is 9.75. The molecular weight excluding hydrogens is 288 g/mol. The van der Waals surface area contributed by atoms with E-state index in [1.807, 2.05) is 18.2 Å². The molecule has 1 aliphatic heterocycles. The van der Waals surface area contributed by atoms with Crippen molar-refractivity contribution in [1.82, 2.24) is 0 Å². The summed E-state index contributed by atoms with van der Waals surface area (Å²) in [6.45, 7) is 6.28. The Bertz CT molecular complexity index is 755. The SMILES string of the molecule is CCC1=C(c2ccc(OC)cc2)C(C)(C)Oc2cc(O)ccc21. The minimum absolute atomic E-state index is 0.225. The molecule has 0 aromatic heterocycles. The lowest BCUT2D eigenvalue weighted by Crippen LogP contribution is -2.33. The lowest BCUT2D eigenvalue weighted by Gasteiger charge is -2.37. The zero-order valence-electron chi connectivity index (χ0n) is 14.0. The van der Waals surface area contributed by atoms with Crippen molar-refractivity contribution < 1.29 is 14.6 Å². The number of hydrogen-bond acceptors (Lipinski definition) is 3. The predicted molar refractivity (Wildman–Crippen MR) is 92.9 cm³/mol. The fraction of sp³-hybridized carbons (Fsp3) is 0.300. The predicted octanol–water partition coefficient (Wildman–Crippen LogP) is 4.89. The highest BCUT2D eigenvalue weighted by atomic mass is 16.5. The van der Waals surface area contributed by atoms with Gasteiger partial charge in [-0.2, -0.15) is 0 Å². The molecule has 0 spiro atoms. The first-order chi connectivity index (χ1) is 11.0. The van der Waals surface area contributed by atoms with E-state index in [2.05, 4.69) is 32.9 Å². The van der Waals surface area contributed by atoms with Crippen molar-refractivity contribution in [3.05, 3.63) is 53.6 Å². The Kier molecular flexibility index (Phi) is 3.80. The quantitative estimate of drug-likeness (QED) is 0.877. The third-order valence-electron chi connectivity index (χ3n) is 4.29. The van der Waals surface area contributed by atoms with Gasteiger partial charge in [-0.3, -0.25) is 0 Å². The fourth-order valence-electron chi connectivity index (χ4n) is 3.32. The van der Waals surface area contributed by atoms with Gasteiger partial charge in [-0.05, 0) is 55.7 Å². The van der Waals surface area contributed by atoms with Gasteiger partial charge in [0.2, 0.25) is 0 Å². The molecular formula is C20H22O3. The summed E-state index contributed by atoms with van der Waals surface area (Å²) in [5.74, 6) is 1.80. The van der Waals surface area contributed by atoms with E-state index < -0.39 is 5.60 Å². The van der Waals surface area contributed by atoms with Crippen molar-refractivity contribution in [3.63, 3.8) is 0 Å². The summed E-state index contributed by atoms with van der Waals surface area (Å²) < 4.78 is 11.5. The van der Waals surface area contributed by atoms with Crippen LogP contribution in [-0.2, 0) is 0 Å². The number of ether oxygens (including phenoxy) is 2. The van der Waals surface area contributed by atoms with Crippen LogP contribution in [-0.4, -0.2) is 17.8 Å². The average Bonchev–Trinajstić information content (AvgIpc) is 2.52. The van der Waals surface area contributed by atoms with Crippen molar-refractivity contribution in [2.45, 2.75) is 32.8 Å². The third kappa shape index (κ3) is 2.67. The van der Waals surface area contributed by atoms with E-state index in [4.69, 9.17) is 9.47 Å². The Hall–Kier alpha value is -2.42. The molecule has 0 radical (unpaired) electrons. The zero-order chi connectivity index (χ0) is 16.6. The molecule has 3 heteroatoms. The molecule has 0 saturated heterocycles. The average molecular weight is 310 g/mol. The Morgan fingerprint density at radius 3 is 2.39 bits per heavy atom. The first-order valence-electron chi connectivity index (χ1n) is 7.86. The van der Waals surface area contributed by atoms with Crippen LogP contribution in [0.2, 0.25) is 0 Å². The second-order valence-corrected chi connectivity index (χ2v) is 6.23. The monoisotopic (exact) mass is 310 g/mol. The summed E-state index contributed by atoms with van der Waals surface area (Å²) in [5.41, 5.74) is 4.14. The molecule has 0 atom stereocenters. The number of aromatic hydroxyl groups is 1. The van der Waals surface area contributed by atoms with Gasteiger partial charge in [0.05, 0.1) is 7.11 Å². The highest BCUT2D eigenvalue weighted by molar-refractivity contribution is 5.97. The molecule has 0 amide bonds. The summed E-state index contributed by atoms with van der Waals surface area (Å²) in [5, 5.41) is 9.75. The molecule has 0 saturated carbocycles. The molecule has 2 aromatic rings. The van der Waals surface area contributed by atoms with Gasteiger partial charge < -0.3 is 14.6 Å². The maximum Gasteiger partial charge on any atom is 0.131 e. The molecule has 1 heterocycles. The molecule has 3 nitrogen and oxygen atoms in total. The van der Waals surface area contributed by atoms with Crippen molar-refractivity contribution in [2.75, 3.05) is 7.11 Å². The second-order valence-electron chi connectivity index (χ2n) is 6.23. The molecule has 23 heavy (non-hydrogen) atoms. The summed E-state index contributed by atoms with van der Waals surface area (Å²) in [7, 11) is 1.67. The summed E-state index contributed by atoms with van der Waals surface area (Å²) in [4.78, 5) is 0. The topological polar surface area (TPSA) is 38.7 Å². The minimum atomic E-state index is -0.472. The molecule has 2 aromatic carbocycles. The molecule has 3 rings (SSSR count). The maximum atomic E-state index is 9.75. The van der Waals surface area contributed by atoms with Crippen molar-refractivity contribution in [3.8, 4) is 17.2 Å². The highest BCUT2D eigenvalue weighted by Crippen LogP contribution is 2.47. The van der Waals surface area contributed by atoms with Gasteiger partial charge in [-0.25, -0.2) is 0 Å². The van der Waals surface area contributed by atoms with Crippen LogP contribution in [0.4, 0.5) is 0 Å². The number of methoxy groups -OCH3 is 1. The molecule has 1 aliphatic rings. The largest absolute Gasteiger partial charge is 0.508 e. The van der Waals surface area contributed by atoms with Crippen LogP contribution < -0.4 is 9.47 Å². The molecule has 0 aliphatic carbocycles. The van der Waals surface area contributed by atoms with E-state index in [0.29, 0.717) is 0 Å². The Labute approximate surface area is 137 Å². The van der Waals surface area contributed by atoms with Crippen LogP contribution in [0.3, 0.4) is 0 Å². The number of phenolic OH excluding ortho intramolecular Hbond substituents is 1. The van der Waals surface area contributed by atoms with Gasteiger partial charge in [0.25, 0.3) is 0 Å². The molecule has 120 valence electrons. The van der Waals surface area contributed by atoms with E-state index in [-0.39, 0.29) is 5.75 Å². The van der Waals surface area contributed by atoms with E-state index >= 15 is 0 Å². The second kappa shape index (κ2) is 5.65. The number of hydrogen-bond donors (Lipinski definition) is 1. The third-order valence-corrected chi connectivity index (χ3v) is 4.29. The molecule has 0 bridgehead atoms. The molecule has 0 fully saturated rings. The normalized spacial score (nSPS) is 15.8. The number of benzene rings is 2. The standard InChI is InChI=1S/C20H22O3/c1-5-16-17-11-8-14(21)12-18(17)23-20(2,3)19(16)13-6-9-15(22-4)10-7-13/h6-12,21H,5H2,1-4H3. The van der Waals surface area contributed by atoms with Crippen LogP contribution in [0.1, 0.15) is 38.3 Å². The van der Waals surface area contributed by atoms with E-state index in [1.54, 1.807) is 19.2 Å². The van der Waals surface area contributed by atoms with E-state index in [9.17, 15) is 5.11 Å². The van der Waals surface area contributed by atoms with Crippen molar-refractivity contribution in [1.29, 1.82) is 0 Å². The van der Waals surface area contributed by atoms with Crippen LogP contribution in [0.25, 0.3) is 11.1 Å². The van der Waals surface area contributed by atoms with Crippen LogP contribution in [0.15, 0.2) is 42.5 Å². The van der Waals surface area contributed by atoms with E-state index in [1.165, 1.54) is 11.1 Å². The van der Waals surface area contributed by atoms with Crippen molar-refractivity contribution in [2.24, 2.45) is 0 Å². The zero-order valence-corrected chi connectivity index (χ0v) is 14.0. The molecule has 1 N–H and O–H groups in total. The van der Waals surface area contributed by atoms with Gasteiger partial charge in [0, 0.05) is 17.2 Å². The van der Waals surface area contributed by atoms with Gasteiger partial charge in [0.15, 0.2) is 0 Å². The summed E-state index contributed by atoms with van der Waals surface area (Å²) >= 11 is 0. The van der Waals surface area contributed by atoms with Gasteiger partial charge in [0.1, 0.15) is 22.8 Å². The minimum Gasteiger partial charge on any atom is -0.508 e. The van der Waals surface area contributed by atoms with Gasteiger partial charge in [-0.15, -0.1) is 0 Å². The lowest BCUT2D eigenvalue weighted by molar-refractivity contribution is 0.168. The summed E-state index contributed by atoms with van der Waals surface area (Å²) in [6, 6.07) is 13.4. The van der Waals surface area contributed by atoms with E-state index in [0.717, 1.165) is 29.0 Å². The number of fused-ring (bicyclic) bond motifs is 1.